The number of likely N-dealkylation sites (tertiary alicyclic amines) is 1. The van der Waals surface area contributed by atoms with E-state index in [1.807, 2.05) is 38.1 Å². The van der Waals surface area contributed by atoms with Crippen LogP contribution in [0.25, 0.3) is 5.76 Å². The van der Waals surface area contributed by atoms with Gasteiger partial charge in [0.2, 0.25) is 0 Å². The highest BCUT2D eigenvalue weighted by Gasteiger charge is 2.45. The second-order valence-corrected chi connectivity index (χ2v) is 6.36. The molecule has 5 heteroatoms. The lowest BCUT2D eigenvalue weighted by Crippen LogP contribution is -2.30. The zero-order chi connectivity index (χ0) is 18.8. The van der Waals surface area contributed by atoms with Crippen LogP contribution in [-0.2, 0) is 9.59 Å². The fraction of sp³-hybridized carbons (Fsp3) is 0.238. The summed E-state index contributed by atoms with van der Waals surface area (Å²) in [5, 5.41) is 10.8. The minimum Gasteiger partial charge on any atom is -0.507 e. The van der Waals surface area contributed by atoms with Crippen molar-refractivity contribution in [2.75, 3.05) is 6.54 Å². The molecule has 1 amide bonds. The summed E-state index contributed by atoms with van der Waals surface area (Å²) in [5.74, 6) is -2.06. The first-order valence-corrected chi connectivity index (χ1v) is 8.55. The zero-order valence-corrected chi connectivity index (χ0v) is 14.7. The van der Waals surface area contributed by atoms with Crippen LogP contribution in [0.4, 0.5) is 4.39 Å². The molecular weight excluding hydrogens is 333 g/mol. The molecule has 1 N–H and O–H groups in total. The number of aliphatic hydroxyl groups excluding tert-OH is 1. The number of carbonyl (C=O) groups excluding carboxylic acids is 2. The van der Waals surface area contributed by atoms with Crippen LogP contribution in [0.2, 0.25) is 0 Å². The Morgan fingerprint density at radius 2 is 1.77 bits per heavy atom. The first kappa shape index (κ1) is 17.9. The van der Waals surface area contributed by atoms with E-state index in [0.717, 1.165) is 11.1 Å². The average molecular weight is 353 g/mol. The fourth-order valence-corrected chi connectivity index (χ4v) is 3.33. The van der Waals surface area contributed by atoms with Gasteiger partial charge in [0.1, 0.15) is 11.6 Å². The molecule has 134 valence electrons. The smallest absolute Gasteiger partial charge is 0.295 e. The van der Waals surface area contributed by atoms with Gasteiger partial charge in [-0.2, -0.15) is 0 Å². The lowest BCUT2D eigenvalue weighted by molar-refractivity contribution is -0.139. The Morgan fingerprint density at radius 3 is 2.38 bits per heavy atom. The summed E-state index contributed by atoms with van der Waals surface area (Å²) in [4.78, 5) is 26.7. The highest BCUT2D eigenvalue weighted by atomic mass is 19.1. The van der Waals surface area contributed by atoms with E-state index in [1.54, 1.807) is 0 Å². The van der Waals surface area contributed by atoms with Crippen molar-refractivity contribution in [2.24, 2.45) is 0 Å². The van der Waals surface area contributed by atoms with E-state index in [-0.39, 0.29) is 11.3 Å². The normalized spacial score (nSPS) is 19.2. The zero-order valence-electron chi connectivity index (χ0n) is 14.7. The number of aliphatic hydroxyl groups is 1. The number of Topliss-reactive ketones (excluding diaryl/α,β-unsaturated/α-hetero) is 1. The number of benzene rings is 2. The summed E-state index contributed by atoms with van der Waals surface area (Å²) in [7, 11) is 0. The largest absolute Gasteiger partial charge is 0.507 e. The molecule has 2 aromatic rings. The number of hydrogen-bond acceptors (Lipinski definition) is 3. The summed E-state index contributed by atoms with van der Waals surface area (Å²) in [6, 6.07) is 12.0. The monoisotopic (exact) mass is 353 g/mol. The van der Waals surface area contributed by atoms with E-state index in [9.17, 15) is 19.1 Å². The summed E-state index contributed by atoms with van der Waals surface area (Å²) < 4.78 is 13.2. The first-order chi connectivity index (χ1) is 12.5. The molecule has 0 radical (unpaired) electrons. The summed E-state index contributed by atoms with van der Waals surface area (Å²) in [6.45, 7) is 4.23. The first-order valence-electron chi connectivity index (χ1n) is 8.55. The number of nitrogens with zero attached hydrogens (tertiary/aromatic N) is 1. The topological polar surface area (TPSA) is 57.6 Å². The summed E-state index contributed by atoms with van der Waals surface area (Å²) >= 11 is 0. The SMILES string of the molecule is CCCN1C(=O)C(=O)/C(=C(\O)c2ccc(F)cc2)C1c1ccccc1C. The fourth-order valence-electron chi connectivity index (χ4n) is 3.33. The van der Waals surface area contributed by atoms with E-state index in [1.165, 1.54) is 29.2 Å². The Kier molecular flexibility index (Phi) is 4.89. The van der Waals surface area contributed by atoms with Gasteiger partial charge >= 0.3 is 0 Å². The predicted molar refractivity (Wildman–Crippen MR) is 96.9 cm³/mol. The highest BCUT2D eigenvalue weighted by Crippen LogP contribution is 2.40. The quantitative estimate of drug-likeness (QED) is 0.514. The predicted octanol–water partition coefficient (Wildman–Crippen LogP) is 3.97. The van der Waals surface area contributed by atoms with Gasteiger partial charge in [-0.05, 0) is 48.7 Å². The minimum atomic E-state index is -0.714. The molecule has 1 fully saturated rings. The molecule has 1 saturated heterocycles. The highest BCUT2D eigenvalue weighted by molar-refractivity contribution is 6.46. The molecule has 0 spiro atoms. The summed E-state index contributed by atoms with van der Waals surface area (Å²) in [6.07, 6.45) is 0.686. The molecule has 1 heterocycles. The van der Waals surface area contributed by atoms with Crippen molar-refractivity contribution in [1.29, 1.82) is 0 Å². The second kappa shape index (κ2) is 7.12. The molecule has 0 aliphatic carbocycles. The summed E-state index contributed by atoms with van der Waals surface area (Å²) in [5.41, 5.74) is 2.07. The molecule has 1 unspecified atom stereocenters. The van der Waals surface area contributed by atoms with Gasteiger partial charge in [-0.1, -0.05) is 31.2 Å². The molecule has 0 saturated carbocycles. The van der Waals surface area contributed by atoms with E-state index in [2.05, 4.69) is 0 Å². The van der Waals surface area contributed by atoms with Crippen molar-refractivity contribution < 1.29 is 19.1 Å². The minimum absolute atomic E-state index is 0.0457. The Bertz CT molecular complexity index is 886. The van der Waals surface area contributed by atoms with Gasteiger partial charge in [0.15, 0.2) is 0 Å². The van der Waals surface area contributed by atoms with E-state index in [4.69, 9.17) is 0 Å². The van der Waals surface area contributed by atoms with Crippen LogP contribution < -0.4 is 0 Å². The van der Waals surface area contributed by atoms with Crippen molar-refractivity contribution in [3.05, 3.63) is 76.6 Å². The molecule has 0 aromatic heterocycles. The number of rotatable bonds is 4. The molecule has 1 aliphatic rings. The van der Waals surface area contributed by atoms with Crippen LogP contribution >= 0.6 is 0 Å². The Morgan fingerprint density at radius 1 is 1.12 bits per heavy atom. The van der Waals surface area contributed by atoms with Gasteiger partial charge in [0.05, 0.1) is 11.6 Å². The van der Waals surface area contributed by atoms with Crippen molar-refractivity contribution in [3.8, 4) is 0 Å². The van der Waals surface area contributed by atoms with Gasteiger partial charge in [0, 0.05) is 12.1 Å². The lowest BCUT2D eigenvalue weighted by atomic mass is 9.92. The maximum absolute atomic E-state index is 13.2. The van der Waals surface area contributed by atoms with Crippen LogP contribution in [0.3, 0.4) is 0 Å². The van der Waals surface area contributed by atoms with Crippen LogP contribution in [0.15, 0.2) is 54.1 Å². The van der Waals surface area contributed by atoms with Crippen molar-refractivity contribution in [1.82, 2.24) is 4.90 Å². The molecule has 1 aliphatic heterocycles. The van der Waals surface area contributed by atoms with Crippen LogP contribution in [-0.4, -0.2) is 28.2 Å². The van der Waals surface area contributed by atoms with Crippen molar-refractivity contribution >= 4 is 17.4 Å². The average Bonchev–Trinajstić information content (AvgIpc) is 2.87. The van der Waals surface area contributed by atoms with Gasteiger partial charge in [-0.25, -0.2) is 4.39 Å². The third kappa shape index (κ3) is 3.01. The van der Waals surface area contributed by atoms with E-state index in [0.29, 0.717) is 18.5 Å². The molecule has 0 bridgehead atoms. The number of ketones is 1. The van der Waals surface area contributed by atoms with E-state index >= 15 is 0 Å². The molecule has 3 rings (SSSR count). The number of aryl methyl sites for hydroxylation is 1. The molecule has 26 heavy (non-hydrogen) atoms. The van der Waals surface area contributed by atoms with Crippen molar-refractivity contribution in [3.63, 3.8) is 0 Å². The van der Waals surface area contributed by atoms with Gasteiger partial charge in [-0.15, -0.1) is 0 Å². The van der Waals surface area contributed by atoms with E-state index < -0.39 is 23.5 Å². The molecular formula is C21H20FNO3. The van der Waals surface area contributed by atoms with Crippen LogP contribution in [0, 0.1) is 12.7 Å². The Hall–Kier alpha value is -2.95. The van der Waals surface area contributed by atoms with Gasteiger partial charge in [-0.3, -0.25) is 9.59 Å². The molecule has 1 atom stereocenters. The standard InChI is InChI=1S/C21H20FNO3/c1-3-12-23-18(16-7-5-4-6-13(16)2)17(20(25)21(23)26)19(24)14-8-10-15(22)11-9-14/h4-11,18,24H,3,12H2,1-2H3/b19-17-. The van der Waals surface area contributed by atoms with Crippen LogP contribution in [0.5, 0.6) is 0 Å². The Balaban J connectivity index is 2.21. The third-order valence-corrected chi connectivity index (χ3v) is 4.61. The lowest BCUT2D eigenvalue weighted by Gasteiger charge is -2.26. The number of carbonyl (C=O) groups is 2. The third-order valence-electron chi connectivity index (χ3n) is 4.61. The van der Waals surface area contributed by atoms with Gasteiger partial charge in [0.25, 0.3) is 11.7 Å². The maximum atomic E-state index is 13.2. The molecule has 2 aromatic carbocycles. The molecule has 4 nitrogen and oxygen atoms in total. The number of hydrogen-bond donors (Lipinski definition) is 1. The van der Waals surface area contributed by atoms with Crippen molar-refractivity contribution in [2.45, 2.75) is 26.3 Å². The second-order valence-electron chi connectivity index (χ2n) is 6.36. The Labute approximate surface area is 151 Å². The van der Waals surface area contributed by atoms with Gasteiger partial charge < -0.3 is 10.0 Å². The number of halogens is 1. The number of amides is 1. The van der Waals surface area contributed by atoms with Crippen LogP contribution in [0.1, 0.15) is 36.1 Å². The maximum Gasteiger partial charge on any atom is 0.295 e.